The fourth-order valence-corrected chi connectivity index (χ4v) is 1.97. The van der Waals surface area contributed by atoms with Crippen LogP contribution in [0.4, 0.5) is 13.2 Å². The molecule has 0 N–H and O–H groups in total. The first-order valence-corrected chi connectivity index (χ1v) is 6.52. The van der Waals surface area contributed by atoms with Crippen LogP contribution < -0.4 is 0 Å². The maximum absolute atomic E-state index is 12.2. The number of benzene rings is 1. The van der Waals surface area contributed by atoms with Gasteiger partial charge in [0.1, 0.15) is 5.41 Å². The van der Waals surface area contributed by atoms with Crippen LogP contribution >= 0.6 is 22.6 Å². The highest BCUT2D eigenvalue weighted by molar-refractivity contribution is 14.1. The second-order valence-electron chi connectivity index (χ2n) is 4.22. The molecule has 0 saturated heterocycles. The van der Waals surface area contributed by atoms with Gasteiger partial charge in [-0.1, -0.05) is 12.1 Å². The molecule has 1 aromatic rings. The summed E-state index contributed by atoms with van der Waals surface area (Å²) in [5.41, 5.74) is -0.937. The van der Waals surface area contributed by atoms with Gasteiger partial charge in [-0.3, -0.25) is 0 Å². The Morgan fingerprint density at radius 1 is 1.00 bits per heavy atom. The highest BCUT2D eigenvalue weighted by Crippen LogP contribution is 2.33. The zero-order valence-corrected chi connectivity index (χ0v) is 12.0. The van der Waals surface area contributed by atoms with E-state index in [1.54, 1.807) is 36.4 Å². The highest BCUT2D eigenvalue weighted by Gasteiger charge is 2.37. The second-order valence-corrected chi connectivity index (χ2v) is 5.47. The molecule has 0 aliphatic heterocycles. The van der Waals surface area contributed by atoms with E-state index >= 15 is 0 Å². The maximum atomic E-state index is 12.2. The van der Waals surface area contributed by atoms with Crippen molar-refractivity contribution in [2.24, 2.45) is 5.41 Å². The first kappa shape index (κ1) is 15.8. The molecule has 19 heavy (non-hydrogen) atoms. The van der Waals surface area contributed by atoms with Crippen LogP contribution in [-0.2, 0) is 6.42 Å². The minimum absolute atomic E-state index is 0.00694. The quantitative estimate of drug-likeness (QED) is 0.737. The van der Waals surface area contributed by atoms with Gasteiger partial charge in [0.15, 0.2) is 0 Å². The molecule has 0 fully saturated rings. The van der Waals surface area contributed by atoms with E-state index in [0.717, 1.165) is 3.57 Å². The summed E-state index contributed by atoms with van der Waals surface area (Å²) >= 11 is 2.10. The van der Waals surface area contributed by atoms with Gasteiger partial charge in [0.05, 0.1) is 12.1 Å². The van der Waals surface area contributed by atoms with E-state index in [9.17, 15) is 13.2 Å². The van der Waals surface area contributed by atoms with Crippen molar-refractivity contribution in [1.82, 2.24) is 0 Å². The summed E-state index contributed by atoms with van der Waals surface area (Å²) in [7, 11) is 0. The number of hydrogen-bond acceptors (Lipinski definition) is 2. The van der Waals surface area contributed by atoms with E-state index in [4.69, 9.17) is 10.5 Å². The average Bonchev–Trinajstić information content (AvgIpc) is 2.36. The summed E-state index contributed by atoms with van der Waals surface area (Å²) in [5, 5.41) is 18.1. The third-order valence-corrected chi connectivity index (χ3v) is 3.40. The van der Waals surface area contributed by atoms with Gasteiger partial charge in [-0.05, 0) is 46.7 Å². The number of halogens is 4. The number of nitriles is 2. The molecule has 0 aliphatic rings. The third kappa shape index (κ3) is 5.07. The van der Waals surface area contributed by atoms with Crippen LogP contribution in [0.2, 0.25) is 0 Å². The Balaban J connectivity index is 2.86. The molecule has 1 rings (SSSR count). The molecule has 0 aromatic heterocycles. The highest BCUT2D eigenvalue weighted by atomic mass is 127. The average molecular weight is 378 g/mol. The molecular weight excluding hydrogens is 368 g/mol. The number of alkyl halides is 3. The van der Waals surface area contributed by atoms with Gasteiger partial charge in [-0.25, -0.2) is 0 Å². The van der Waals surface area contributed by atoms with E-state index < -0.39 is 24.4 Å². The summed E-state index contributed by atoms with van der Waals surface area (Å²) in [4.78, 5) is 0. The molecule has 1 aromatic carbocycles. The lowest BCUT2D eigenvalue weighted by Crippen LogP contribution is -2.23. The maximum Gasteiger partial charge on any atom is 0.389 e. The molecular formula is C13H10F3IN2. The lowest BCUT2D eigenvalue weighted by molar-refractivity contribution is -0.138. The Hall–Kier alpha value is -1.28. The van der Waals surface area contributed by atoms with E-state index in [-0.39, 0.29) is 6.42 Å². The molecule has 0 unspecified atom stereocenters. The Morgan fingerprint density at radius 3 is 1.95 bits per heavy atom. The Kier molecular flexibility index (Phi) is 5.19. The van der Waals surface area contributed by atoms with Crippen LogP contribution in [0.3, 0.4) is 0 Å². The number of nitrogens with zero attached hydrogens (tertiary/aromatic N) is 2. The minimum Gasteiger partial charge on any atom is -0.197 e. The topological polar surface area (TPSA) is 47.6 Å². The molecule has 0 amide bonds. The summed E-state index contributed by atoms with van der Waals surface area (Å²) in [6, 6.07) is 10.5. The van der Waals surface area contributed by atoms with Crippen molar-refractivity contribution in [2.45, 2.75) is 25.4 Å². The minimum atomic E-state index is -4.36. The normalized spacial score (nSPS) is 11.7. The zero-order chi connectivity index (χ0) is 14.5. The molecule has 0 saturated carbocycles. The van der Waals surface area contributed by atoms with Gasteiger partial charge in [0.2, 0.25) is 0 Å². The van der Waals surface area contributed by atoms with Crippen molar-refractivity contribution in [3.63, 3.8) is 0 Å². The molecule has 0 atom stereocenters. The van der Waals surface area contributed by atoms with Gasteiger partial charge in [0.25, 0.3) is 0 Å². The van der Waals surface area contributed by atoms with Crippen molar-refractivity contribution >= 4 is 22.6 Å². The summed E-state index contributed by atoms with van der Waals surface area (Å²) in [6.07, 6.45) is -5.98. The first-order chi connectivity index (χ1) is 8.80. The predicted molar refractivity (Wildman–Crippen MR) is 71.8 cm³/mol. The molecule has 100 valence electrons. The number of hydrogen-bond donors (Lipinski definition) is 0. The summed E-state index contributed by atoms with van der Waals surface area (Å²) < 4.78 is 37.7. The van der Waals surface area contributed by atoms with E-state index in [2.05, 4.69) is 22.6 Å². The summed E-state index contributed by atoms with van der Waals surface area (Å²) in [6.45, 7) is 0. The van der Waals surface area contributed by atoms with Gasteiger partial charge in [0, 0.05) is 16.4 Å². The van der Waals surface area contributed by atoms with Crippen molar-refractivity contribution in [3.8, 4) is 12.1 Å². The third-order valence-electron chi connectivity index (χ3n) is 2.68. The fraction of sp³-hybridized carbons (Fsp3) is 0.385. The van der Waals surface area contributed by atoms with Gasteiger partial charge in [-0.2, -0.15) is 23.7 Å². The van der Waals surface area contributed by atoms with Gasteiger partial charge in [-0.15, -0.1) is 0 Å². The molecule has 6 heteroatoms. The van der Waals surface area contributed by atoms with Crippen LogP contribution in [0, 0.1) is 31.6 Å². The van der Waals surface area contributed by atoms with E-state index in [1.807, 2.05) is 0 Å². The Morgan fingerprint density at radius 2 is 1.53 bits per heavy atom. The largest absolute Gasteiger partial charge is 0.389 e. The van der Waals surface area contributed by atoms with Crippen molar-refractivity contribution in [3.05, 3.63) is 33.4 Å². The van der Waals surface area contributed by atoms with Crippen LogP contribution in [0.15, 0.2) is 24.3 Å². The van der Waals surface area contributed by atoms with Crippen LogP contribution in [0.1, 0.15) is 18.4 Å². The monoisotopic (exact) mass is 378 g/mol. The lowest BCUT2D eigenvalue weighted by Gasteiger charge is -2.19. The molecule has 0 bridgehead atoms. The van der Waals surface area contributed by atoms with Crippen LogP contribution in [0.5, 0.6) is 0 Å². The van der Waals surface area contributed by atoms with E-state index in [1.165, 1.54) is 0 Å². The lowest BCUT2D eigenvalue weighted by atomic mass is 9.80. The zero-order valence-electron chi connectivity index (χ0n) is 9.84. The summed E-state index contributed by atoms with van der Waals surface area (Å²) in [5.74, 6) is 0. The molecule has 0 aliphatic carbocycles. The van der Waals surface area contributed by atoms with Gasteiger partial charge < -0.3 is 0 Å². The first-order valence-electron chi connectivity index (χ1n) is 5.44. The Labute approximate surface area is 123 Å². The predicted octanol–water partition coefficient (Wildman–Crippen LogP) is 4.21. The fourth-order valence-electron chi connectivity index (χ4n) is 1.61. The standard InChI is InChI=1S/C13H10F3IN2/c14-13(15,16)6-5-12(8-18,9-19)7-10-1-3-11(17)4-2-10/h1-4H,5-7H2. The SMILES string of the molecule is N#CC(C#N)(CCC(F)(F)F)Cc1ccc(I)cc1. The Bertz CT molecular complexity index is 495. The van der Waals surface area contributed by atoms with Crippen molar-refractivity contribution < 1.29 is 13.2 Å². The van der Waals surface area contributed by atoms with Crippen LogP contribution in [0.25, 0.3) is 0 Å². The van der Waals surface area contributed by atoms with Crippen LogP contribution in [-0.4, -0.2) is 6.18 Å². The second kappa shape index (κ2) is 6.25. The number of rotatable bonds is 4. The molecule has 2 nitrogen and oxygen atoms in total. The van der Waals surface area contributed by atoms with Crippen molar-refractivity contribution in [2.75, 3.05) is 0 Å². The molecule has 0 spiro atoms. The van der Waals surface area contributed by atoms with Crippen molar-refractivity contribution in [1.29, 1.82) is 10.5 Å². The smallest absolute Gasteiger partial charge is 0.197 e. The van der Waals surface area contributed by atoms with E-state index in [0.29, 0.717) is 5.56 Å². The van der Waals surface area contributed by atoms with Gasteiger partial charge >= 0.3 is 6.18 Å². The molecule has 0 heterocycles. The molecule has 0 radical (unpaired) electrons.